The van der Waals surface area contributed by atoms with Crippen LogP contribution in [0.1, 0.15) is 24.0 Å². The highest BCUT2D eigenvalue weighted by atomic mass is 35.5. The third-order valence-corrected chi connectivity index (χ3v) is 8.11. The van der Waals surface area contributed by atoms with E-state index in [0.29, 0.717) is 41.9 Å². The number of rotatable bonds is 5. The number of piperazine rings is 1. The molecule has 0 atom stereocenters. The SMILES string of the molecule is Cc1ccc(S(=O)(=O)Nc2cccc(Cl)c2C(=N)N2CCN(c3ncccn3)CC23CC3)cc1. The second kappa shape index (κ2) is 8.56. The standard InChI is InChI=1S/C24H25ClN6O2S/c1-17-6-8-18(9-7-17)34(32,33)29-20-5-2-4-19(25)21(20)22(26)31-15-14-30(16-24(31)10-11-24)23-27-12-3-13-28-23/h2-9,12-13,26,29H,10-11,14-16H2,1H3. The first-order valence-electron chi connectivity index (χ1n) is 11.1. The van der Waals surface area contributed by atoms with Gasteiger partial charge in [0.05, 0.1) is 26.7 Å². The van der Waals surface area contributed by atoms with Crippen molar-refractivity contribution in [1.82, 2.24) is 14.9 Å². The van der Waals surface area contributed by atoms with E-state index in [9.17, 15) is 8.42 Å². The predicted octanol–water partition coefficient (Wildman–Crippen LogP) is 3.92. The van der Waals surface area contributed by atoms with E-state index in [-0.39, 0.29) is 16.3 Å². The molecule has 3 aromatic rings. The van der Waals surface area contributed by atoms with Crippen LogP contribution in [-0.2, 0) is 10.0 Å². The second-order valence-corrected chi connectivity index (χ2v) is 10.9. The first-order valence-corrected chi connectivity index (χ1v) is 12.9. The maximum atomic E-state index is 13.1. The van der Waals surface area contributed by atoms with E-state index < -0.39 is 10.0 Å². The highest BCUT2D eigenvalue weighted by Crippen LogP contribution is 2.46. The average molecular weight is 497 g/mol. The minimum atomic E-state index is -3.84. The zero-order chi connectivity index (χ0) is 23.9. The molecule has 2 heterocycles. The molecule has 1 aliphatic carbocycles. The van der Waals surface area contributed by atoms with Crippen LogP contribution in [0.2, 0.25) is 5.02 Å². The molecule has 2 aromatic carbocycles. The number of sulfonamides is 1. The van der Waals surface area contributed by atoms with Gasteiger partial charge in [0.25, 0.3) is 10.0 Å². The minimum absolute atomic E-state index is 0.158. The molecule has 8 nitrogen and oxygen atoms in total. The molecule has 0 bridgehead atoms. The summed E-state index contributed by atoms with van der Waals surface area (Å²) in [6, 6.07) is 13.4. The maximum absolute atomic E-state index is 13.1. The summed E-state index contributed by atoms with van der Waals surface area (Å²) in [5.41, 5.74) is 1.44. The monoisotopic (exact) mass is 496 g/mol. The van der Waals surface area contributed by atoms with Crippen LogP contribution in [0.15, 0.2) is 65.8 Å². The summed E-state index contributed by atoms with van der Waals surface area (Å²) in [6.45, 7) is 3.85. The number of halogens is 1. The lowest BCUT2D eigenvalue weighted by Crippen LogP contribution is -2.57. The minimum Gasteiger partial charge on any atom is -0.347 e. The van der Waals surface area contributed by atoms with Crippen molar-refractivity contribution in [3.05, 3.63) is 77.1 Å². The van der Waals surface area contributed by atoms with Gasteiger partial charge in [-0.3, -0.25) is 10.1 Å². The first-order chi connectivity index (χ1) is 16.3. The smallest absolute Gasteiger partial charge is 0.261 e. The summed E-state index contributed by atoms with van der Waals surface area (Å²) in [7, 11) is -3.84. The number of hydrogen-bond donors (Lipinski definition) is 2. The lowest BCUT2D eigenvalue weighted by atomic mass is 10.1. The van der Waals surface area contributed by atoms with Gasteiger partial charge in [-0.1, -0.05) is 35.4 Å². The van der Waals surface area contributed by atoms with Crippen LogP contribution in [0.5, 0.6) is 0 Å². The van der Waals surface area contributed by atoms with Crippen molar-refractivity contribution in [2.24, 2.45) is 0 Å². The van der Waals surface area contributed by atoms with Gasteiger partial charge >= 0.3 is 0 Å². The van der Waals surface area contributed by atoms with Crippen LogP contribution in [0.3, 0.4) is 0 Å². The van der Waals surface area contributed by atoms with Gasteiger partial charge in [0, 0.05) is 32.0 Å². The Morgan fingerprint density at radius 3 is 2.44 bits per heavy atom. The highest BCUT2D eigenvalue weighted by Gasteiger charge is 2.53. The Hall–Kier alpha value is -3.17. The molecule has 1 saturated carbocycles. The number of amidine groups is 1. The van der Waals surface area contributed by atoms with Gasteiger partial charge < -0.3 is 9.80 Å². The van der Waals surface area contributed by atoms with Gasteiger partial charge in [-0.05, 0) is 50.1 Å². The topological polar surface area (TPSA) is 102 Å². The fourth-order valence-electron chi connectivity index (χ4n) is 4.43. The molecule has 1 spiro atoms. The number of nitrogens with zero attached hydrogens (tertiary/aromatic N) is 4. The van der Waals surface area contributed by atoms with Gasteiger partial charge in [0.15, 0.2) is 0 Å². The Bertz CT molecular complexity index is 1330. The van der Waals surface area contributed by atoms with E-state index in [0.717, 1.165) is 18.4 Å². The molecule has 5 rings (SSSR count). The largest absolute Gasteiger partial charge is 0.347 e. The van der Waals surface area contributed by atoms with Crippen molar-refractivity contribution in [1.29, 1.82) is 5.41 Å². The molecule has 0 radical (unpaired) electrons. The fraction of sp³-hybridized carbons (Fsp3) is 0.292. The molecule has 2 aliphatic rings. The summed E-state index contributed by atoms with van der Waals surface area (Å²) < 4.78 is 28.8. The van der Waals surface area contributed by atoms with E-state index >= 15 is 0 Å². The molecule has 2 fully saturated rings. The number of aromatic nitrogens is 2. The molecule has 1 saturated heterocycles. The summed E-state index contributed by atoms with van der Waals surface area (Å²) >= 11 is 6.54. The molecule has 2 N–H and O–H groups in total. The second-order valence-electron chi connectivity index (χ2n) is 8.78. The van der Waals surface area contributed by atoms with Gasteiger partial charge in [-0.25, -0.2) is 18.4 Å². The van der Waals surface area contributed by atoms with E-state index in [1.54, 1.807) is 60.9 Å². The Morgan fingerprint density at radius 1 is 1.06 bits per heavy atom. The molecular formula is C24H25ClN6O2S. The third-order valence-electron chi connectivity index (χ3n) is 6.41. The summed E-state index contributed by atoms with van der Waals surface area (Å²) in [5, 5.41) is 9.40. The molecule has 1 aliphatic heterocycles. The van der Waals surface area contributed by atoms with Crippen LogP contribution >= 0.6 is 11.6 Å². The van der Waals surface area contributed by atoms with Gasteiger partial charge in [-0.2, -0.15) is 0 Å². The van der Waals surface area contributed by atoms with E-state index in [1.165, 1.54) is 0 Å². The van der Waals surface area contributed by atoms with Crippen molar-refractivity contribution < 1.29 is 8.42 Å². The number of aryl methyl sites for hydroxylation is 1. The van der Waals surface area contributed by atoms with Crippen LogP contribution < -0.4 is 9.62 Å². The normalized spacial score (nSPS) is 17.0. The van der Waals surface area contributed by atoms with Crippen LogP contribution in [0.4, 0.5) is 11.6 Å². The quantitative estimate of drug-likeness (QED) is 0.410. The molecule has 0 amide bonds. The van der Waals surface area contributed by atoms with E-state index in [4.69, 9.17) is 17.0 Å². The van der Waals surface area contributed by atoms with Gasteiger partial charge in [-0.15, -0.1) is 0 Å². The summed E-state index contributed by atoms with van der Waals surface area (Å²) in [5.74, 6) is 0.905. The molecule has 1 aromatic heterocycles. The van der Waals surface area contributed by atoms with Crippen molar-refractivity contribution in [3.8, 4) is 0 Å². The van der Waals surface area contributed by atoms with Gasteiger partial charge in [0.1, 0.15) is 5.84 Å². The highest BCUT2D eigenvalue weighted by molar-refractivity contribution is 7.92. The molecular weight excluding hydrogens is 472 g/mol. The number of nitrogens with one attached hydrogen (secondary N) is 2. The third kappa shape index (κ3) is 4.21. The van der Waals surface area contributed by atoms with Crippen LogP contribution in [-0.4, -0.2) is 54.3 Å². The van der Waals surface area contributed by atoms with Crippen LogP contribution in [0.25, 0.3) is 0 Å². The summed E-state index contributed by atoms with van der Waals surface area (Å²) in [6.07, 6.45) is 5.33. The van der Waals surface area contributed by atoms with Crippen molar-refractivity contribution in [2.75, 3.05) is 29.3 Å². The fourth-order valence-corrected chi connectivity index (χ4v) is 5.77. The molecule has 176 valence electrons. The first kappa shape index (κ1) is 22.6. The Kier molecular flexibility index (Phi) is 5.69. The molecule has 34 heavy (non-hydrogen) atoms. The summed E-state index contributed by atoms with van der Waals surface area (Å²) in [4.78, 5) is 13.1. The number of hydrogen-bond acceptors (Lipinski definition) is 6. The van der Waals surface area contributed by atoms with Crippen molar-refractivity contribution in [3.63, 3.8) is 0 Å². The Morgan fingerprint density at radius 2 is 1.76 bits per heavy atom. The van der Waals surface area contributed by atoms with Crippen LogP contribution in [0, 0.1) is 12.3 Å². The molecule has 0 unspecified atom stereocenters. The number of benzene rings is 2. The Labute approximate surface area is 204 Å². The van der Waals surface area contributed by atoms with E-state index in [1.807, 2.05) is 6.92 Å². The van der Waals surface area contributed by atoms with Crippen molar-refractivity contribution >= 4 is 39.1 Å². The average Bonchev–Trinajstić information content (AvgIpc) is 3.58. The zero-order valence-corrected chi connectivity index (χ0v) is 20.3. The zero-order valence-electron chi connectivity index (χ0n) is 18.7. The molecule has 10 heteroatoms. The van der Waals surface area contributed by atoms with E-state index in [2.05, 4.69) is 24.5 Å². The number of anilines is 2. The van der Waals surface area contributed by atoms with Crippen molar-refractivity contribution in [2.45, 2.75) is 30.2 Å². The Balaban J connectivity index is 1.42. The maximum Gasteiger partial charge on any atom is 0.261 e. The lowest BCUT2D eigenvalue weighted by molar-refractivity contribution is 0.257. The van der Waals surface area contributed by atoms with Gasteiger partial charge in [0.2, 0.25) is 5.95 Å². The predicted molar refractivity (Wildman–Crippen MR) is 133 cm³/mol. The lowest BCUT2D eigenvalue weighted by Gasteiger charge is -2.43.